The summed E-state index contributed by atoms with van der Waals surface area (Å²) in [6.07, 6.45) is 0. The van der Waals surface area contributed by atoms with Crippen LogP contribution in [-0.2, 0) is 32.7 Å². The Morgan fingerprint density at radius 2 is 0.800 bits per heavy atom. The van der Waals surface area contributed by atoms with Crippen LogP contribution in [0.15, 0.2) is 0 Å². The van der Waals surface area contributed by atoms with E-state index in [0.29, 0.717) is 0 Å². The Balaban J connectivity index is 0. The Morgan fingerprint density at radius 3 is 0.800 bits per heavy atom. The molecular weight excluding hydrogens is 233 g/mol. The van der Waals surface area contributed by atoms with Crippen LogP contribution < -0.4 is 0 Å². The van der Waals surface area contributed by atoms with E-state index < -0.39 is 0 Å². The van der Waals surface area contributed by atoms with Gasteiger partial charge in [0.15, 0.2) is 0 Å². The maximum Gasteiger partial charge on any atom is 2.00 e. The van der Waals surface area contributed by atoms with E-state index in [0.717, 1.165) is 0 Å². The first-order valence-corrected chi connectivity index (χ1v) is 0. The summed E-state index contributed by atoms with van der Waals surface area (Å²) in [5, 5.41) is 0. The third-order valence-electron chi connectivity index (χ3n) is 0. The average molecular weight is 234 g/mol. The maximum absolute atomic E-state index is 0. The van der Waals surface area contributed by atoms with E-state index in [1.165, 1.54) is 0 Å². The van der Waals surface area contributed by atoms with Gasteiger partial charge in [0.25, 0.3) is 0 Å². The summed E-state index contributed by atoms with van der Waals surface area (Å²) in [5.41, 5.74) is 0. The van der Waals surface area contributed by atoms with E-state index in [1.807, 2.05) is 0 Å². The van der Waals surface area contributed by atoms with Crippen LogP contribution >= 0.6 is 0 Å². The van der Waals surface area contributed by atoms with Crippen LogP contribution in [0.1, 0.15) is 0 Å². The predicted molar refractivity (Wildman–Crippen MR) is 9.06 cm³/mol. The molecule has 5 heavy (non-hydrogen) atoms. The molecule has 5 heteroatoms. The predicted octanol–water partition coefficient (Wildman–Crippen LogP) is -0.798. The maximum atomic E-state index is 0. The standard InChI is InChI=1S/Ba.H2O.2O.Ti/h;1H2;;;/q+2;;2*-2;/p-1. The average Bonchev–Trinajstić information content (AvgIpc) is 0. The van der Waals surface area contributed by atoms with Gasteiger partial charge in [-0.05, 0) is 0 Å². The van der Waals surface area contributed by atoms with Gasteiger partial charge < -0.3 is 16.4 Å². The summed E-state index contributed by atoms with van der Waals surface area (Å²) in [5.74, 6) is 0. The molecular formula is HBaO3Ti-3. The van der Waals surface area contributed by atoms with E-state index in [4.69, 9.17) is 0 Å². The third kappa shape index (κ3) is 22.8. The number of hydrogen-bond donors (Lipinski definition) is 0. The van der Waals surface area contributed by atoms with Gasteiger partial charge in [-0.15, -0.1) is 0 Å². The molecule has 0 fully saturated rings. The zero-order valence-corrected chi connectivity index (χ0v) is 8.47. The molecule has 0 rings (SSSR count). The summed E-state index contributed by atoms with van der Waals surface area (Å²) in [7, 11) is 0. The topological polar surface area (TPSA) is 87.0 Å². The first-order chi connectivity index (χ1) is 0. The molecule has 0 aliphatic rings. The molecule has 0 radical (unpaired) electrons. The molecule has 28 valence electrons. The summed E-state index contributed by atoms with van der Waals surface area (Å²) < 4.78 is 0. The summed E-state index contributed by atoms with van der Waals surface area (Å²) in [6, 6.07) is 0. The van der Waals surface area contributed by atoms with Gasteiger partial charge in [-0.2, -0.15) is 0 Å². The van der Waals surface area contributed by atoms with Crippen LogP contribution in [0.4, 0.5) is 0 Å². The van der Waals surface area contributed by atoms with E-state index in [2.05, 4.69) is 0 Å². The Morgan fingerprint density at radius 1 is 0.800 bits per heavy atom. The SMILES string of the molecule is [Ba+2].[O-2].[O-2].[OH-].[Ti]. The number of hydrogen-bond acceptors (Lipinski definition) is 1. The van der Waals surface area contributed by atoms with Crippen LogP contribution in [0.25, 0.3) is 0 Å². The molecule has 0 unspecified atom stereocenters. The van der Waals surface area contributed by atoms with Crippen molar-refractivity contribution < 1.29 is 38.1 Å². The van der Waals surface area contributed by atoms with Crippen LogP contribution in [0.2, 0.25) is 0 Å². The molecule has 0 atom stereocenters. The Kier molecular flexibility index (Phi) is 407. The fourth-order valence-corrected chi connectivity index (χ4v) is 0. The zero-order chi connectivity index (χ0) is 0. The molecule has 0 heterocycles. The second-order valence-corrected chi connectivity index (χ2v) is 0. The van der Waals surface area contributed by atoms with Crippen molar-refractivity contribution in [3.05, 3.63) is 0 Å². The fraction of sp³-hybridized carbons (Fsp3) is 0. The summed E-state index contributed by atoms with van der Waals surface area (Å²) in [6.45, 7) is 0. The largest absolute Gasteiger partial charge is 2.00 e. The Labute approximate surface area is 85.4 Å². The molecule has 0 spiro atoms. The summed E-state index contributed by atoms with van der Waals surface area (Å²) >= 11 is 0. The zero-order valence-electron chi connectivity index (χ0n) is 2.47. The van der Waals surface area contributed by atoms with Gasteiger partial charge in [-0.25, -0.2) is 0 Å². The van der Waals surface area contributed by atoms with Crippen LogP contribution in [0, 0.1) is 0 Å². The molecule has 0 saturated carbocycles. The monoisotopic (exact) mass is 235 g/mol. The van der Waals surface area contributed by atoms with Gasteiger partial charge in [0.2, 0.25) is 0 Å². The van der Waals surface area contributed by atoms with E-state index in [9.17, 15) is 0 Å². The van der Waals surface area contributed by atoms with Crippen molar-refractivity contribution in [3.8, 4) is 0 Å². The van der Waals surface area contributed by atoms with Crippen LogP contribution in [0.5, 0.6) is 0 Å². The third-order valence-corrected chi connectivity index (χ3v) is 0. The van der Waals surface area contributed by atoms with Crippen molar-refractivity contribution >= 4 is 48.9 Å². The molecule has 0 aromatic heterocycles. The van der Waals surface area contributed by atoms with Crippen molar-refractivity contribution in [1.29, 1.82) is 0 Å². The quantitative estimate of drug-likeness (QED) is 0.505. The molecule has 0 bridgehead atoms. The molecule has 0 amide bonds. The van der Waals surface area contributed by atoms with E-state index in [-0.39, 0.29) is 87.0 Å². The minimum atomic E-state index is 0. The molecule has 1 N–H and O–H groups in total. The first kappa shape index (κ1) is 58.1. The molecule has 0 saturated heterocycles. The molecule has 3 nitrogen and oxygen atoms in total. The molecule has 0 aromatic rings. The second kappa shape index (κ2) is 35.1. The second-order valence-electron chi connectivity index (χ2n) is 0. The van der Waals surface area contributed by atoms with Crippen molar-refractivity contribution in [2.45, 2.75) is 0 Å². The molecule has 0 aliphatic heterocycles. The molecule has 0 aromatic carbocycles. The Bertz CT molecular complexity index is 6.85. The normalized spacial score (nSPS) is 0. The number of rotatable bonds is 0. The minimum absolute atomic E-state index is 0. The van der Waals surface area contributed by atoms with Gasteiger partial charge in [-0.3, -0.25) is 0 Å². The fourth-order valence-electron chi connectivity index (χ4n) is 0. The molecule has 0 aliphatic carbocycles. The van der Waals surface area contributed by atoms with Gasteiger partial charge in [0, 0.05) is 21.7 Å². The van der Waals surface area contributed by atoms with E-state index in [1.54, 1.807) is 0 Å². The van der Waals surface area contributed by atoms with Crippen LogP contribution in [0.3, 0.4) is 0 Å². The van der Waals surface area contributed by atoms with Gasteiger partial charge >= 0.3 is 48.9 Å². The van der Waals surface area contributed by atoms with Crippen molar-refractivity contribution in [2.24, 2.45) is 0 Å². The summed E-state index contributed by atoms with van der Waals surface area (Å²) in [4.78, 5) is 0. The van der Waals surface area contributed by atoms with Crippen LogP contribution in [-0.4, -0.2) is 54.4 Å². The van der Waals surface area contributed by atoms with Gasteiger partial charge in [0.05, 0.1) is 0 Å². The first-order valence-electron chi connectivity index (χ1n) is 0. The van der Waals surface area contributed by atoms with Crippen molar-refractivity contribution in [1.82, 2.24) is 0 Å². The van der Waals surface area contributed by atoms with Gasteiger partial charge in [-0.1, -0.05) is 0 Å². The van der Waals surface area contributed by atoms with Gasteiger partial charge in [0.1, 0.15) is 0 Å². The van der Waals surface area contributed by atoms with Crippen molar-refractivity contribution in [3.63, 3.8) is 0 Å². The van der Waals surface area contributed by atoms with E-state index >= 15 is 0 Å². The Hall–Kier alpha value is 2.17. The minimum Gasteiger partial charge on any atom is -2.00 e. The smallest absolute Gasteiger partial charge is 2.00 e. The van der Waals surface area contributed by atoms with Crippen molar-refractivity contribution in [2.75, 3.05) is 0 Å².